The van der Waals surface area contributed by atoms with Gasteiger partial charge in [-0.05, 0) is 5.56 Å². The van der Waals surface area contributed by atoms with Gasteiger partial charge in [0.1, 0.15) is 12.1 Å². The number of hydrogen-bond donors (Lipinski definition) is 1. The van der Waals surface area contributed by atoms with Crippen molar-refractivity contribution in [1.29, 1.82) is 0 Å². The molecule has 0 spiro atoms. The van der Waals surface area contributed by atoms with Gasteiger partial charge in [0.05, 0.1) is 11.6 Å². The molecule has 2 aromatic heterocycles. The number of anilines is 1. The molecule has 1 unspecified atom stereocenters. The predicted molar refractivity (Wildman–Crippen MR) is 118 cm³/mol. The average Bonchev–Trinajstić information content (AvgIpc) is 3.10. The molecule has 0 bridgehead atoms. The number of amides is 1. The standard InChI is InChI=1S/C19H23N7O.2ClH/c1-24-18-15(12-23-24)19(22-13-21-18)26-9-7-25(8-10-26)17(27)11-16(20)14-5-3-2-4-6-14;;/h2-6,12-13,16H,7-11,20H2,1H3;2*1H. The fraction of sp³-hybridized carbons (Fsp3) is 0.368. The summed E-state index contributed by atoms with van der Waals surface area (Å²) in [4.78, 5) is 25.4. The van der Waals surface area contributed by atoms with Crippen LogP contribution in [0.25, 0.3) is 11.0 Å². The summed E-state index contributed by atoms with van der Waals surface area (Å²) in [6, 6.07) is 9.49. The van der Waals surface area contributed by atoms with Gasteiger partial charge in [-0.2, -0.15) is 5.10 Å². The summed E-state index contributed by atoms with van der Waals surface area (Å²) in [5, 5.41) is 5.20. The van der Waals surface area contributed by atoms with Crippen molar-refractivity contribution in [1.82, 2.24) is 24.6 Å². The fourth-order valence-corrected chi connectivity index (χ4v) is 3.50. The first-order chi connectivity index (χ1) is 13.1. The summed E-state index contributed by atoms with van der Waals surface area (Å²) < 4.78 is 1.74. The van der Waals surface area contributed by atoms with Crippen molar-refractivity contribution in [2.45, 2.75) is 12.5 Å². The third-order valence-corrected chi connectivity index (χ3v) is 5.06. The Bertz CT molecular complexity index is 942. The third-order valence-electron chi connectivity index (χ3n) is 5.06. The van der Waals surface area contributed by atoms with Crippen molar-refractivity contribution in [3.63, 3.8) is 0 Å². The molecule has 2 N–H and O–H groups in total. The number of benzene rings is 1. The number of halogens is 2. The van der Waals surface area contributed by atoms with Gasteiger partial charge in [0.25, 0.3) is 0 Å². The molecule has 29 heavy (non-hydrogen) atoms. The second-order valence-electron chi connectivity index (χ2n) is 6.79. The number of aromatic nitrogens is 4. The average molecular weight is 438 g/mol. The molecule has 156 valence electrons. The van der Waals surface area contributed by atoms with Crippen LogP contribution in [-0.2, 0) is 11.8 Å². The van der Waals surface area contributed by atoms with Crippen LogP contribution in [0, 0.1) is 0 Å². The molecular formula is C19H25Cl2N7O. The maximum Gasteiger partial charge on any atom is 0.224 e. The molecule has 3 aromatic rings. The van der Waals surface area contributed by atoms with Crippen molar-refractivity contribution in [3.8, 4) is 0 Å². The van der Waals surface area contributed by atoms with Crippen LogP contribution in [0.1, 0.15) is 18.0 Å². The van der Waals surface area contributed by atoms with Gasteiger partial charge in [-0.3, -0.25) is 9.48 Å². The number of aryl methyl sites for hydroxylation is 1. The minimum atomic E-state index is -0.270. The van der Waals surface area contributed by atoms with E-state index in [-0.39, 0.29) is 36.8 Å². The van der Waals surface area contributed by atoms with Crippen LogP contribution >= 0.6 is 24.8 Å². The van der Waals surface area contributed by atoms with E-state index in [0.717, 1.165) is 35.5 Å². The molecule has 0 aliphatic carbocycles. The van der Waals surface area contributed by atoms with E-state index in [1.807, 2.05) is 42.3 Å². The molecular weight excluding hydrogens is 413 g/mol. The third kappa shape index (κ3) is 4.77. The van der Waals surface area contributed by atoms with Crippen LogP contribution in [-0.4, -0.2) is 56.7 Å². The number of carbonyl (C=O) groups excluding carboxylic acids is 1. The van der Waals surface area contributed by atoms with Gasteiger partial charge in [0, 0.05) is 45.7 Å². The van der Waals surface area contributed by atoms with E-state index in [0.29, 0.717) is 19.5 Å². The van der Waals surface area contributed by atoms with E-state index in [9.17, 15) is 4.79 Å². The van der Waals surface area contributed by atoms with Gasteiger partial charge >= 0.3 is 0 Å². The molecule has 3 heterocycles. The number of carbonyl (C=O) groups is 1. The lowest BCUT2D eigenvalue weighted by molar-refractivity contribution is -0.131. The molecule has 0 radical (unpaired) electrons. The summed E-state index contributed by atoms with van der Waals surface area (Å²) in [6.45, 7) is 2.78. The highest BCUT2D eigenvalue weighted by Crippen LogP contribution is 2.23. The van der Waals surface area contributed by atoms with Crippen molar-refractivity contribution in [3.05, 3.63) is 48.4 Å². The zero-order valence-electron chi connectivity index (χ0n) is 16.1. The normalized spacial score (nSPS) is 14.8. The van der Waals surface area contributed by atoms with Crippen LogP contribution in [0.15, 0.2) is 42.9 Å². The van der Waals surface area contributed by atoms with E-state index in [1.54, 1.807) is 17.2 Å². The van der Waals surface area contributed by atoms with E-state index in [4.69, 9.17) is 5.73 Å². The Kier molecular flexibility index (Phi) is 7.78. The number of fused-ring (bicyclic) bond motifs is 1. The molecule has 0 saturated carbocycles. The number of nitrogens with two attached hydrogens (primary N) is 1. The summed E-state index contributed by atoms with van der Waals surface area (Å²) in [5.41, 5.74) is 8.00. The van der Waals surface area contributed by atoms with Gasteiger partial charge in [-0.1, -0.05) is 30.3 Å². The summed E-state index contributed by atoms with van der Waals surface area (Å²) in [6.07, 6.45) is 3.68. The van der Waals surface area contributed by atoms with Gasteiger partial charge in [-0.15, -0.1) is 24.8 Å². The second kappa shape index (κ2) is 9.87. The van der Waals surface area contributed by atoms with Gasteiger partial charge in [-0.25, -0.2) is 9.97 Å². The molecule has 8 nitrogen and oxygen atoms in total. The maximum absolute atomic E-state index is 12.6. The second-order valence-corrected chi connectivity index (χ2v) is 6.79. The van der Waals surface area contributed by atoms with Crippen LogP contribution in [0.2, 0.25) is 0 Å². The first kappa shape index (κ1) is 22.9. The van der Waals surface area contributed by atoms with Crippen LogP contribution in [0.4, 0.5) is 5.82 Å². The largest absolute Gasteiger partial charge is 0.352 e. The van der Waals surface area contributed by atoms with Crippen LogP contribution in [0.5, 0.6) is 0 Å². The Hall–Kier alpha value is -2.42. The molecule has 1 aromatic carbocycles. The molecule has 1 aliphatic rings. The number of rotatable bonds is 4. The first-order valence-electron chi connectivity index (χ1n) is 9.09. The van der Waals surface area contributed by atoms with Gasteiger partial charge in [0.15, 0.2) is 5.65 Å². The van der Waals surface area contributed by atoms with Crippen molar-refractivity contribution in [2.24, 2.45) is 12.8 Å². The Labute approximate surface area is 181 Å². The van der Waals surface area contributed by atoms with Crippen LogP contribution < -0.4 is 10.6 Å². The highest BCUT2D eigenvalue weighted by atomic mass is 35.5. The Morgan fingerprint density at radius 2 is 1.79 bits per heavy atom. The quantitative estimate of drug-likeness (QED) is 0.670. The molecule has 1 fully saturated rings. The van der Waals surface area contributed by atoms with Gasteiger partial charge < -0.3 is 15.5 Å². The van der Waals surface area contributed by atoms with Crippen molar-refractivity contribution < 1.29 is 4.79 Å². The minimum absolute atomic E-state index is 0. The Balaban J connectivity index is 0.00000150. The lowest BCUT2D eigenvalue weighted by atomic mass is 10.0. The number of hydrogen-bond acceptors (Lipinski definition) is 6. The van der Waals surface area contributed by atoms with E-state index in [1.165, 1.54) is 0 Å². The molecule has 1 saturated heterocycles. The smallest absolute Gasteiger partial charge is 0.224 e. The summed E-state index contributed by atoms with van der Waals surface area (Å²) >= 11 is 0. The molecule has 1 aliphatic heterocycles. The Morgan fingerprint density at radius 1 is 1.10 bits per heavy atom. The SMILES string of the molecule is Cl.Cl.Cn1ncc2c(N3CCN(C(=O)CC(N)c4ccccc4)CC3)ncnc21. The number of nitrogens with zero attached hydrogens (tertiary/aromatic N) is 6. The maximum atomic E-state index is 12.6. The topological polar surface area (TPSA) is 93.2 Å². The zero-order valence-corrected chi connectivity index (χ0v) is 17.8. The minimum Gasteiger partial charge on any atom is -0.352 e. The van der Waals surface area contributed by atoms with Crippen molar-refractivity contribution >= 4 is 47.6 Å². The van der Waals surface area contributed by atoms with E-state index in [2.05, 4.69) is 20.0 Å². The van der Waals surface area contributed by atoms with E-state index >= 15 is 0 Å². The molecule has 1 amide bonds. The fourth-order valence-electron chi connectivity index (χ4n) is 3.50. The van der Waals surface area contributed by atoms with Gasteiger partial charge in [0.2, 0.25) is 5.91 Å². The highest BCUT2D eigenvalue weighted by Gasteiger charge is 2.25. The van der Waals surface area contributed by atoms with Crippen molar-refractivity contribution in [2.75, 3.05) is 31.1 Å². The summed E-state index contributed by atoms with van der Waals surface area (Å²) in [7, 11) is 1.87. The molecule has 1 atom stereocenters. The lowest BCUT2D eigenvalue weighted by Gasteiger charge is -2.36. The van der Waals surface area contributed by atoms with E-state index < -0.39 is 0 Å². The number of piperazine rings is 1. The first-order valence-corrected chi connectivity index (χ1v) is 9.09. The predicted octanol–water partition coefficient (Wildman–Crippen LogP) is 1.95. The zero-order chi connectivity index (χ0) is 18.8. The lowest BCUT2D eigenvalue weighted by Crippen LogP contribution is -2.49. The molecule has 10 heteroatoms. The monoisotopic (exact) mass is 437 g/mol. The Morgan fingerprint density at radius 3 is 2.48 bits per heavy atom. The summed E-state index contributed by atoms with van der Waals surface area (Å²) in [5.74, 6) is 0.974. The van der Waals surface area contributed by atoms with Crippen LogP contribution in [0.3, 0.4) is 0 Å². The highest BCUT2D eigenvalue weighted by molar-refractivity contribution is 5.87. The molecule has 4 rings (SSSR count).